The van der Waals surface area contributed by atoms with Crippen molar-refractivity contribution < 1.29 is 14.6 Å². The molecule has 5 heteroatoms. The van der Waals surface area contributed by atoms with E-state index in [0.717, 1.165) is 29.8 Å². The van der Waals surface area contributed by atoms with Crippen LogP contribution in [-0.2, 0) is 6.54 Å². The molecule has 1 heterocycles. The Kier molecular flexibility index (Phi) is 3.18. The molecule has 3 rings (SSSR count). The smallest absolute Gasteiger partial charge is 0.354 e. The molecule has 0 saturated heterocycles. The first kappa shape index (κ1) is 12.7. The van der Waals surface area contributed by atoms with Crippen LogP contribution >= 0.6 is 0 Å². The lowest BCUT2D eigenvalue weighted by molar-refractivity contribution is 0.0684. The number of ether oxygens (including phenoxy) is 1. The second-order valence-corrected chi connectivity index (χ2v) is 5.00. The van der Waals surface area contributed by atoms with Crippen LogP contribution in [0.2, 0.25) is 0 Å². The van der Waals surface area contributed by atoms with Crippen molar-refractivity contribution in [2.45, 2.75) is 25.3 Å². The van der Waals surface area contributed by atoms with Gasteiger partial charge in [0.15, 0.2) is 0 Å². The van der Waals surface area contributed by atoms with E-state index in [1.54, 1.807) is 17.9 Å². The van der Waals surface area contributed by atoms with Gasteiger partial charge < -0.3 is 9.84 Å². The van der Waals surface area contributed by atoms with Gasteiger partial charge >= 0.3 is 5.97 Å². The number of aromatic nitrogens is 2. The number of hydrogen-bond donors (Lipinski definition) is 1. The summed E-state index contributed by atoms with van der Waals surface area (Å²) in [6.45, 7) is 0.401. The van der Waals surface area contributed by atoms with Crippen molar-refractivity contribution in [1.82, 2.24) is 9.78 Å². The van der Waals surface area contributed by atoms with Crippen molar-refractivity contribution in [2.24, 2.45) is 0 Å². The zero-order valence-corrected chi connectivity index (χ0v) is 11.2. The van der Waals surface area contributed by atoms with E-state index < -0.39 is 5.97 Å². The van der Waals surface area contributed by atoms with Gasteiger partial charge in [-0.2, -0.15) is 5.10 Å². The summed E-state index contributed by atoms with van der Waals surface area (Å²) >= 11 is 0. The number of para-hydroxylation sites is 1. The second-order valence-electron chi connectivity index (χ2n) is 5.00. The maximum absolute atomic E-state index is 11.3. The number of carboxylic acid groups (broad SMARTS) is 1. The van der Waals surface area contributed by atoms with Gasteiger partial charge in [0.05, 0.1) is 19.3 Å². The molecule has 1 aromatic heterocycles. The van der Waals surface area contributed by atoms with Crippen molar-refractivity contribution in [3.63, 3.8) is 0 Å². The molecule has 1 aliphatic carbocycles. The quantitative estimate of drug-likeness (QED) is 0.908. The van der Waals surface area contributed by atoms with Crippen LogP contribution in [0.1, 0.15) is 40.5 Å². The van der Waals surface area contributed by atoms with Crippen LogP contribution in [0.3, 0.4) is 0 Å². The second kappa shape index (κ2) is 5.00. The van der Waals surface area contributed by atoms with Gasteiger partial charge in [-0.3, -0.25) is 4.68 Å². The first-order valence-electron chi connectivity index (χ1n) is 6.62. The molecule has 20 heavy (non-hydrogen) atoms. The zero-order valence-electron chi connectivity index (χ0n) is 11.2. The Morgan fingerprint density at radius 3 is 2.85 bits per heavy atom. The molecule has 0 unspecified atom stereocenters. The van der Waals surface area contributed by atoms with Gasteiger partial charge in [0.25, 0.3) is 0 Å². The van der Waals surface area contributed by atoms with Crippen LogP contribution in [0.4, 0.5) is 0 Å². The van der Waals surface area contributed by atoms with E-state index in [1.165, 1.54) is 0 Å². The summed E-state index contributed by atoms with van der Waals surface area (Å²) in [7, 11) is 1.61. The molecule has 104 valence electrons. The summed E-state index contributed by atoms with van der Waals surface area (Å²) in [4.78, 5) is 11.3. The third-order valence-corrected chi connectivity index (χ3v) is 3.53. The summed E-state index contributed by atoms with van der Waals surface area (Å²) in [5.74, 6) is 0.235. The van der Waals surface area contributed by atoms with Crippen molar-refractivity contribution in [2.75, 3.05) is 7.11 Å². The van der Waals surface area contributed by atoms with Gasteiger partial charge in [-0.05, 0) is 25.0 Å². The van der Waals surface area contributed by atoms with Crippen molar-refractivity contribution in [3.05, 3.63) is 47.3 Å². The van der Waals surface area contributed by atoms with Gasteiger partial charge in [0.1, 0.15) is 11.4 Å². The third kappa shape index (κ3) is 2.39. The Hall–Kier alpha value is -2.30. The topological polar surface area (TPSA) is 64.4 Å². The van der Waals surface area contributed by atoms with E-state index in [2.05, 4.69) is 5.10 Å². The summed E-state index contributed by atoms with van der Waals surface area (Å²) in [5.41, 5.74) is 2.04. The molecule has 1 aliphatic rings. The van der Waals surface area contributed by atoms with Gasteiger partial charge in [0.2, 0.25) is 0 Å². The number of carboxylic acids is 1. The lowest BCUT2D eigenvalue weighted by atomic mass is 10.2. The molecule has 1 saturated carbocycles. The molecule has 0 amide bonds. The van der Waals surface area contributed by atoms with Gasteiger partial charge in [-0.1, -0.05) is 18.2 Å². The molecule has 0 aliphatic heterocycles. The number of methoxy groups -OCH3 is 1. The van der Waals surface area contributed by atoms with Crippen LogP contribution in [0.15, 0.2) is 30.3 Å². The molecule has 0 radical (unpaired) electrons. The summed E-state index contributed by atoms with van der Waals surface area (Å²) in [6.07, 6.45) is 2.20. The normalized spacial score (nSPS) is 14.2. The van der Waals surface area contributed by atoms with Crippen LogP contribution in [0, 0.1) is 0 Å². The van der Waals surface area contributed by atoms with Crippen molar-refractivity contribution in [1.29, 1.82) is 0 Å². The third-order valence-electron chi connectivity index (χ3n) is 3.53. The van der Waals surface area contributed by atoms with Gasteiger partial charge in [-0.25, -0.2) is 4.79 Å². The van der Waals surface area contributed by atoms with Gasteiger partial charge in [-0.15, -0.1) is 0 Å². The molecule has 0 spiro atoms. The fourth-order valence-corrected chi connectivity index (χ4v) is 2.30. The average Bonchev–Trinajstić information content (AvgIpc) is 3.21. The molecular formula is C15H16N2O3. The number of nitrogens with zero attached hydrogens (tertiary/aromatic N) is 2. The number of carbonyl (C=O) groups is 1. The van der Waals surface area contributed by atoms with E-state index >= 15 is 0 Å². The molecule has 1 fully saturated rings. The molecular weight excluding hydrogens is 256 g/mol. The number of aromatic carboxylic acids is 1. The molecule has 0 atom stereocenters. The zero-order chi connectivity index (χ0) is 14.1. The Labute approximate surface area is 116 Å². The molecule has 5 nitrogen and oxygen atoms in total. The molecule has 0 bridgehead atoms. The first-order chi connectivity index (χ1) is 9.69. The van der Waals surface area contributed by atoms with E-state index in [1.807, 2.05) is 24.3 Å². The van der Waals surface area contributed by atoms with Crippen molar-refractivity contribution in [3.8, 4) is 5.75 Å². The summed E-state index contributed by atoms with van der Waals surface area (Å²) in [5, 5.41) is 13.7. The Balaban J connectivity index is 1.94. The minimum absolute atomic E-state index is 0.234. The van der Waals surface area contributed by atoms with E-state index in [9.17, 15) is 9.90 Å². The number of rotatable bonds is 5. The van der Waals surface area contributed by atoms with Crippen LogP contribution < -0.4 is 4.74 Å². The highest BCUT2D eigenvalue weighted by Gasteiger charge is 2.28. The molecule has 1 N–H and O–H groups in total. The van der Waals surface area contributed by atoms with Crippen LogP contribution in [-0.4, -0.2) is 28.0 Å². The van der Waals surface area contributed by atoms with E-state index in [0.29, 0.717) is 12.5 Å². The molecule has 2 aromatic rings. The highest BCUT2D eigenvalue weighted by Crippen LogP contribution is 2.39. The minimum Gasteiger partial charge on any atom is -0.496 e. The maximum Gasteiger partial charge on any atom is 0.354 e. The summed E-state index contributed by atoms with van der Waals surface area (Å²) in [6, 6.07) is 9.27. The number of hydrogen-bond acceptors (Lipinski definition) is 3. The Morgan fingerprint density at radius 2 is 2.20 bits per heavy atom. The lowest BCUT2D eigenvalue weighted by Crippen LogP contribution is -2.11. The maximum atomic E-state index is 11.3. The van der Waals surface area contributed by atoms with E-state index in [-0.39, 0.29) is 5.69 Å². The fourth-order valence-electron chi connectivity index (χ4n) is 2.30. The van der Waals surface area contributed by atoms with Gasteiger partial charge in [0, 0.05) is 11.5 Å². The SMILES string of the molecule is COc1ccccc1Cn1nc(C2CC2)cc1C(=O)O. The van der Waals surface area contributed by atoms with Crippen LogP contribution in [0.25, 0.3) is 0 Å². The lowest BCUT2D eigenvalue weighted by Gasteiger charge is -2.09. The minimum atomic E-state index is -0.945. The highest BCUT2D eigenvalue weighted by atomic mass is 16.5. The van der Waals surface area contributed by atoms with Crippen molar-refractivity contribution >= 4 is 5.97 Å². The fraction of sp³-hybridized carbons (Fsp3) is 0.333. The van der Waals surface area contributed by atoms with E-state index in [4.69, 9.17) is 4.74 Å². The predicted octanol–water partition coefficient (Wildman–Crippen LogP) is 2.52. The van der Waals surface area contributed by atoms with Crippen LogP contribution in [0.5, 0.6) is 5.75 Å². The average molecular weight is 272 g/mol. The standard InChI is InChI=1S/C15H16N2O3/c1-20-14-5-3-2-4-11(14)9-17-13(15(18)19)8-12(16-17)10-6-7-10/h2-5,8,10H,6-7,9H2,1H3,(H,18,19). The summed E-state index contributed by atoms with van der Waals surface area (Å²) < 4.78 is 6.85. The number of benzene rings is 1. The Bertz CT molecular complexity index is 644. The highest BCUT2D eigenvalue weighted by molar-refractivity contribution is 5.85. The largest absolute Gasteiger partial charge is 0.496 e. The molecule has 1 aromatic carbocycles. The predicted molar refractivity (Wildman–Crippen MR) is 73.3 cm³/mol. The first-order valence-corrected chi connectivity index (χ1v) is 6.62. The Morgan fingerprint density at radius 1 is 1.45 bits per heavy atom. The monoisotopic (exact) mass is 272 g/mol.